The van der Waals surface area contributed by atoms with E-state index in [1.54, 1.807) is 12.1 Å². The molecule has 1 aromatic carbocycles. The van der Waals surface area contributed by atoms with E-state index in [9.17, 15) is 18.0 Å². The van der Waals surface area contributed by atoms with Crippen LogP contribution in [0.4, 0.5) is 5.69 Å². The number of nitrogens with one attached hydrogen (secondary N) is 1. The molecule has 8 heteroatoms. The minimum atomic E-state index is -3.47. The molecule has 1 aromatic rings. The lowest BCUT2D eigenvalue weighted by Crippen LogP contribution is -2.28. The average Bonchev–Trinajstić information content (AvgIpc) is 3.44. The Morgan fingerprint density at radius 3 is 2.39 bits per heavy atom. The molecule has 3 atom stereocenters. The molecule has 1 heterocycles. The maximum atomic E-state index is 12.5. The van der Waals surface area contributed by atoms with Gasteiger partial charge in [0.2, 0.25) is 10.0 Å². The number of amides is 1. The van der Waals surface area contributed by atoms with Gasteiger partial charge in [-0.1, -0.05) is 12.2 Å². The third-order valence-corrected chi connectivity index (χ3v) is 7.68. The highest BCUT2D eigenvalue weighted by molar-refractivity contribution is 7.89. The Balaban J connectivity index is 1.29. The predicted molar refractivity (Wildman–Crippen MR) is 103 cm³/mol. The van der Waals surface area contributed by atoms with Crippen LogP contribution in [0.15, 0.2) is 41.3 Å². The summed E-state index contributed by atoms with van der Waals surface area (Å²) in [6.45, 7) is 0.749. The lowest BCUT2D eigenvalue weighted by atomic mass is 9.94. The Morgan fingerprint density at radius 2 is 1.79 bits per heavy atom. The number of allylic oxidation sites excluding steroid dienone is 2. The van der Waals surface area contributed by atoms with Crippen LogP contribution in [0, 0.1) is 17.8 Å². The number of ether oxygens (including phenoxy) is 1. The number of benzene rings is 1. The third-order valence-electron chi connectivity index (χ3n) is 5.77. The number of carbonyl (C=O) groups excluding carboxylic acids is 2. The second-order valence-corrected chi connectivity index (χ2v) is 9.62. The standard InChI is InChI=1S/C20H24N2O5S/c23-19(13-27-20(24)18-12-14-3-4-15(18)11-14)21-16-5-7-17(8-6-16)28(25,26)22-9-1-2-10-22/h3-8,14-15,18H,1-2,9-13H2,(H,21,23). The van der Waals surface area contributed by atoms with Crippen molar-refractivity contribution in [2.24, 2.45) is 17.8 Å². The first kappa shape index (κ1) is 19.1. The summed E-state index contributed by atoms with van der Waals surface area (Å²) in [5.41, 5.74) is 0.462. The molecule has 2 fully saturated rings. The first-order valence-corrected chi connectivity index (χ1v) is 11.1. The fraction of sp³-hybridized carbons (Fsp3) is 0.500. The summed E-state index contributed by atoms with van der Waals surface area (Å²) < 4.78 is 31.7. The van der Waals surface area contributed by atoms with Crippen molar-refractivity contribution in [3.05, 3.63) is 36.4 Å². The van der Waals surface area contributed by atoms with Crippen LogP contribution in [-0.4, -0.2) is 44.3 Å². The van der Waals surface area contributed by atoms with Gasteiger partial charge in [-0.3, -0.25) is 9.59 Å². The van der Waals surface area contributed by atoms with Crippen molar-refractivity contribution in [1.29, 1.82) is 0 Å². The third kappa shape index (κ3) is 3.84. The largest absolute Gasteiger partial charge is 0.455 e. The van der Waals surface area contributed by atoms with E-state index in [0.717, 1.165) is 25.7 Å². The quantitative estimate of drug-likeness (QED) is 0.579. The molecule has 2 bridgehead atoms. The molecule has 150 valence electrons. The van der Waals surface area contributed by atoms with Crippen LogP contribution >= 0.6 is 0 Å². The van der Waals surface area contributed by atoms with Crippen molar-refractivity contribution in [1.82, 2.24) is 4.31 Å². The van der Waals surface area contributed by atoms with Gasteiger partial charge in [0.05, 0.1) is 10.8 Å². The summed E-state index contributed by atoms with van der Waals surface area (Å²) in [6.07, 6.45) is 7.77. The maximum Gasteiger partial charge on any atom is 0.310 e. The van der Waals surface area contributed by atoms with E-state index in [4.69, 9.17) is 4.74 Å². The summed E-state index contributed by atoms with van der Waals surface area (Å²) >= 11 is 0. The zero-order valence-corrected chi connectivity index (χ0v) is 16.4. The second kappa shape index (κ2) is 7.67. The van der Waals surface area contributed by atoms with Gasteiger partial charge in [0, 0.05) is 18.8 Å². The van der Waals surface area contributed by atoms with Gasteiger partial charge in [-0.2, -0.15) is 4.31 Å². The molecule has 1 N–H and O–H groups in total. The minimum Gasteiger partial charge on any atom is -0.455 e. The summed E-state index contributed by atoms with van der Waals surface area (Å²) in [4.78, 5) is 24.4. The highest BCUT2D eigenvalue weighted by Crippen LogP contribution is 2.43. The zero-order valence-electron chi connectivity index (χ0n) is 15.5. The van der Waals surface area contributed by atoms with E-state index in [1.807, 2.05) is 0 Å². The molecule has 0 aromatic heterocycles. The number of hydrogen-bond donors (Lipinski definition) is 1. The predicted octanol–water partition coefficient (Wildman–Crippen LogP) is 2.17. The van der Waals surface area contributed by atoms with Crippen molar-refractivity contribution in [2.75, 3.05) is 25.0 Å². The molecular formula is C20H24N2O5S. The topological polar surface area (TPSA) is 92.8 Å². The number of esters is 1. The molecule has 3 unspecified atom stereocenters. The number of anilines is 1. The van der Waals surface area contributed by atoms with Gasteiger partial charge in [0.15, 0.2) is 6.61 Å². The van der Waals surface area contributed by atoms with Gasteiger partial charge in [-0.25, -0.2) is 8.42 Å². The number of hydrogen-bond acceptors (Lipinski definition) is 5. The number of nitrogens with zero attached hydrogens (tertiary/aromatic N) is 1. The van der Waals surface area contributed by atoms with Gasteiger partial charge >= 0.3 is 5.97 Å². The van der Waals surface area contributed by atoms with Gasteiger partial charge in [0.1, 0.15) is 0 Å². The smallest absolute Gasteiger partial charge is 0.310 e. The highest BCUT2D eigenvalue weighted by Gasteiger charge is 2.40. The first-order chi connectivity index (χ1) is 13.4. The van der Waals surface area contributed by atoms with Gasteiger partial charge in [-0.15, -0.1) is 0 Å². The Morgan fingerprint density at radius 1 is 1.07 bits per heavy atom. The van der Waals surface area contributed by atoms with Crippen molar-refractivity contribution < 1.29 is 22.7 Å². The lowest BCUT2D eigenvalue weighted by molar-refractivity contribution is -0.152. The summed E-state index contributed by atoms with van der Waals surface area (Å²) in [6, 6.07) is 6.06. The molecule has 3 aliphatic rings. The van der Waals surface area contributed by atoms with Crippen LogP contribution < -0.4 is 5.32 Å². The van der Waals surface area contributed by atoms with Crippen molar-refractivity contribution in [3.8, 4) is 0 Å². The normalized spacial score (nSPS) is 26.5. The van der Waals surface area contributed by atoms with Gasteiger partial charge < -0.3 is 10.1 Å². The van der Waals surface area contributed by atoms with Crippen molar-refractivity contribution in [3.63, 3.8) is 0 Å². The minimum absolute atomic E-state index is 0.141. The maximum absolute atomic E-state index is 12.5. The highest BCUT2D eigenvalue weighted by atomic mass is 32.2. The van der Waals surface area contributed by atoms with E-state index in [1.165, 1.54) is 16.4 Å². The Kier molecular flexibility index (Phi) is 5.25. The first-order valence-electron chi connectivity index (χ1n) is 9.68. The molecule has 0 spiro atoms. The van der Waals surface area contributed by atoms with Crippen LogP contribution in [0.2, 0.25) is 0 Å². The Bertz CT molecular complexity index is 888. The molecule has 2 aliphatic carbocycles. The number of fused-ring (bicyclic) bond motifs is 2. The van der Waals surface area contributed by atoms with Gasteiger partial charge in [-0.05, 0) is 61.8 Å². The van der Waals surface area contributed by atoms with E-state index < -0.39 is 15.9 Å². The van der Waals surface area contributed by atoms with Crippen LogP contribution in [0.25, 0.3) is 0 Å². The number of sulfonamides is 1. The summed E-state index contributed by atoms with van der Waals surface area (Å²) in [5.74, 6) is -0.198. The fourth-order valence-electron chi connectivity index (χ4n) is 4.28. The summed E-state index contributed by atoms with van der Waals surface area (Å²) in [7, 11) is -3.47. The lowest BCUT2D eigenvalue weighted by Gasteiger charge is -2.17. The van der Waals surface area contributed by atoms with E-state index >= 15 is 0 Å². The molecular weight excluding hydrogens is 380 g/mol. The Hall–Kier alpha value is -2.19. The SMILES string of the molecule is O=C(COC(=O)C1CC2C=CC1C2)Nc1ccc(S(=O)(=O)N2CCCC2)cc1. The molecule has 28 heavy (non-hydrogen) atoms. The molecule has 1 saturated heterocycles. The van der Waals surface area contributed by atoms with Crippen LogP contribution in [0.1, 0.15) is 25.7 Å². The molecule has 1 saturated carbocycles. The molecule has 0 radical (unpaired) electrons. The average molecular weight is 404 g/mol. The Labute approximate surface area is 164 Å². The van der Waals surface area contributed by atoms with Crippen LogP contribution in [0.5, 0.6) is 0 Å². The van der Waals surface area contributed by atoms with Crippen LogP contribution in [0.3, 0.4) is 0 Å². The molecule has 7 nitrogen and oxygen atoms in total. The molecule has 4 rings (SSSR count). The molecule has 1 aliphatic heterocycles. The van der Waals surface area contributed by atoms with E-state index in [0.29, 0.717) is 24.7 Å². The van der Waals surface area contributed by atoms with Crippen LogP contribution in [-0.2, 0) is 24.3 Å². The zero-order chi connectivity index (χ0) is 19.7. The van der Waals surface area contributed by atoms with Crippen molar-refractivity contribution >= 4 is 27.6 Å². The van der Waals surface area contributed by atoms with Gasteiger partial charge in [0.25, 0.3) is 5.91 Å². The van der Waals surface area contributed by atoms with E-state index in [-0.39, 0.29) is 29.3 Å². The van der Waals surface area contributed by atoms with Crippen molar-refractivity contribution in [2.45, 2.75) is 30.6 Å². The monoisotopic (exact) mass is 404 g/mol. The van der Waals surface area contributed by atoms with E-state index in [2.05, 4.69) is 17.5 Å². The summed E-state index contributed by atoms with van der Waals surface area (Å²) in [5, 5.41) is 2.63. The fourth-order valence-corrected chi connectivity index (χ4v) is 5.80. The number of rotatable bonds is 6. The second-order valence-electron chi connectivity index (χ2n) is 7.68. The molecule has 1 amide bonds. The number of carbonyl (C=O) groups is 2.